The van der Waals surface area contributed by atoms with Crippen LogP contribution in [0, 0.1) is 0 Å². The normalized spacial score (nSPS) is 26.9. The van der Waals surface area contributed by atoms with Gasteiger partial charge >= 0.3 is 0 Å². The van der Waals surface area contributed by atoms with Gasteiger partial charge in [-0.15, -0.1) is 0 Å². The molecular weight excluding hydrogens is 220 g/mol. The molecule has 0 bridgehead atoms. The van der Waals surface area contributed by atoms with Crippen LogP contribution < -0.4 is 5.32 Å². The van der Waals surface area contributed by atoms with Crippen molar-refractivity contribution in [2.24, 2.45) is 0 Å². The van der Waals surface area contributed by atoms with Crippen molar-refractivity contribution in [3.05, 3.63) is 0 Å². The molecule has 2 rings (SSSR count). The summed E-state index contributed by atoms with van der Waals surface area (Å²) < 4.78 is 0. The lowest BCUT2D eigenvalue weighted by molar-refractivity contribution is -0.132. The highest BCUT2D eigenvalue weighted by molar-refractivity contribution is 7.99. The topological polar surface area (TPSA) is 32.3 Å². The molecular formula is C12H22N2OS. The van der Waals surface area contributed by atoms with Gasteiger partial charge in [0, 0.05) is 43.6 Å². The zero-order chi connectivity index (χ0) is 11.4. The largest absolute Gasteiger partial charge is 0.343 e. The van der Waals surface area contributed by atoms with Gasteiger partial charge in [-0.2, -0.15) is 11.8 Å². The molecule has 4 heteroatoms. The smallest absolute Gasteiger partial charge is 0.224 e. The summed E-state index contributed by atoms with van der Waals surface area (Å²) in [6, 6.07) is 0.916. The number of carbonyl (C=O) groups is 1. The monoisotopic (exact) mass is 242 g/mol. The molecule has 1 atom stereocenters. The minimum absolute atomic E-state index is 0.326. The van der Waals surface area contributed by atoms with Gasteiger partial charge in [-0.1, -0.05) is 12.8 Å². The molecule has 1 saturated carbocycles. The van der Waals surface area contributed by atoms with Gasteiger partial charge in [0.15, 0.2) is 0 Å². The predicted octanol–water partition coefficient (Wildman–Crippen LogP) is 1.48. The Morgan fingerprint density at radius 1 is 1.44 bits per heavy atom. The third-order valence-corrected chi connectivity index (χ3v) is 4.82. The minimum atomic E-state index is 0.326. The fourth-order valence-corrected chi connectivity index (χ4v) is 3.55. The first kappa shape index (κ1) is 12.2. The first-order chi connectivity index (χ1) is 7.77. The van der Waals surface area contributed by atoms with Gasteiger partial charge in [0.2, 0.25) is 5.91 Å². The molecule has 1 aliphatic carbocycles. The molecule has 1 N–H and O–H groups in total. The van der Waals surface area contributed by atoms with Crippen LogP contribution in [0.5, 0.6) is 0 Å². The molecule has 1 aliphatic heterocycles. The van der Waals surface area contributed by atoms with Crippen LogP contribution in [0.1, 0.15) is 32.1 Å². The molecule has 2 aliphatic rings. The van der Waals surface area contributed by atoms with E-state index < -0.39 is 0 Å². The van der Waals surface area contributed by atoms with Crippen LogP contribution in [-0.4, -0.2) is 48.0 Å². The van der Waals surface area contributed by atoms with Crippen molar-refractivity contribution in [2.45, 2.75) is 44.2 Å². The molecule has 0 aromatic carbocycles. The van der Waals surface area contributed by atoms with Gasteiger partial charge in [0.1, 0.15) is 0 Å². The molecule has 1 unspecified atom stereocenters. The zero-order valence-corrected chi connectivity index (χ0v) is 10.9. The third kappa shape index (κ3) is 3.14. The maximum absolute atomic E-state index is 12.1. The van der Waals surface area contributed by atoms with Crippen molar-refractivity contribution >= 4 is 17.7 Å². The summed E-state index contributed by atoms with van der Waals surface area (Å²) in [6.07, 6.45) is 5.67. The van der Waals surface area contributed by atoms with E-state index in [1.165, 1.54) is 31.4 Å². The predicted molar refractivity (Wildman–Crippen MR) is 68.8 cm³/mol. The average molecular weight is 242 g/mol. The van der Waals surface area contributed by atoms with E-state index in [4.69, 9.17) is 0 Å². The van der Waals surface area contributed by atoms with Crippen molar-refractivity contribution < 1.29 is 4.79 Å². The van der Waals surface area contributed by atoms with Crippen LogP contribution in [-0.2, 0) is 4.79 Å². The summed E-state index contributed by atoms with van der Waals surface area (Å²) in [6.45, 7) is 1.05. The average Bonchev–Trinajstić information content (AvgIpc) is 2.83. The van der Waals surface area contributed by atoms with Gasteiger partial charge in [-0.05, 0) is 12.8 Å². The van der Waals surface area contributed by atoms with E-state index in [9.17, 15) is 4.79 Å². The minimum Gasteiger partial charge on any atom is -0.343 e. The Hall–Kier alpha value is -0.220. The number of nitrogens with one attached hydrogen (secondary N) is 1. The highest BCUT2D eigenvalue weighted by atomic mass is 32.2. The number of hydrogen-bond acceptors (Lipinski definition) is 3. The molecule has 0 aromatic heterocycles. The quantitative estimate of drug-likeness (QED) is 0.813. The van der Waals surface area contributed by atoms with Crippen molar-refractivity contribution in [3.8, 4) is 0 Å². The maximum atomic E-state index is 12.1. The van der Waals surface area contributed by atoms with Gasteiger partial charge in [-0.3, -0.25) is 4.79 Å². The maximum Gasteiger partial charge on any atom is 0.224 e. The van der Waals surface area contributed by atoms with Crippen molar-refractivity contribution in [3.63, 3.8) is 0 Å². The molecule has 1 saturated heterocycles. The highest BCUT2D eigenvalue weighted by Gasteiger charge is 2.25. The second kappa shape index (κ2) is 5.92. The molecule has 1 heterocycles. The molecule has 2 fully saturated rings. The number of hydrogen-bond donors (Lipinski definition) is 1. The van der Waals surface area contributed by atoms with E-state index in [0.717, 1.165) is 12.3 Å². The summed E-state index contributed by atoms with van der Waals surface area (Å²) in [4.78, 5) is 14.1. The Morgan fingerprint density at radius 2 is 2.19 bits per heavy atom. The first-order valence-electron chi connectivity index (χ1n) is 6.34. The molecule has 0 aromatic rings. The Morgan fingerprint density at radius 3 is 2.81 bits per heavy atom. The van der Waals surface area contributed by atoms with Gasteiger partial charge in [-0.25, -0.2) is 0 Å². The summed E-state index contributed by atoms with van der Waals surface area (Å²) in [5, 5.41) is 3.43. The lowest BCUT2D eigenvalue weighted by Gasteiger charge is -2.28. The lowest BCUT2D eigenvalue weighted by atomic mass is 10.1. The summed E-state index contributed by atoms with van der Waals surface area (Å²) in [5.41, 5.74) is 0. The van der Waals surface area contributed by atoms with Crippen LogP contribution >= 0.6 is 11.8 Å². The fourth-order valence-electron chi connectivity index (χ4n) is 2.60. The third-order valence-electron chi connectivity index (χ3n) is 3.69. The van der Waals surface area contributed by atoms with Crippen LogP contribution in [0.4, 0.5) is 0 Å². The SMILES string of the molecule is CN(C(=O)CC1CSCCN1)C1CCCC1. The number of thioether (sulfide) groups is 1. The zero-order valence-electron chi connectivity index (χ0n) is 10.1. The van der Waals surface area contributed by atoms with Crippen molar-refractivity contribution in [2.75, 3.05) is 25.1 Å². The highest BCUT2D eigenvalue weighted by Crippen LogP contribution is 2.23. The Labute approximate surface area is 102 Å². The van der Waals surface area contributed by atoms with E-state index >= 15 is 0 Å². The lowest BCUT2D eigenvalue weighted by Crippen LogP contribution is -2.43. The van der Waals surface area contributed by atoms with Crippen LogP contribution in [0.2, 0.25) is 0 Å². The molecule has 16 heavy (non-hydrogen) atoms. The fraction of sp³-hybridized carbons (Fsp3) is 0.917. The number of rotatable bonds is 3. The van der Waals surface area contributed by atoms with E-state index in [0.29, 0.717) is 24.4 Å². The van der Waals surface area contributed by atoms with E-state index in [2.05, 4.69) is 5.32 Å². The van der Waals surface area contributed by atoms with E-state index in [-0.39, 0.29) is 0 Å². The number of amides is 1. The molecule has 0 spiro atoms. The van der Waals surface area contributed by atoms with Gasteiger partial charge < -0.3 is 10.2 Å². The van der Waals surface area contributed by atoms with Crippen LogP contribution in [0.25, 0.3) is 0 Å². The van der Waals surface area contributed by atoms with E-state index in [1.807, 2.05) is 23.7 Å². The summed E-state index contributed by atoms with van der Waals surface area (Å²) in [7, 11) is 1.98. The molecule has 92 valence electrons. The first-order valence-corrected chi connectivity index (χ1v) is 7.49. The molecule has 0 radical (unpaired) electrons. The summed E-state index contributed by atoms with van der Waals surface area (Å²) >= 11 is 1.96. The van der Waals surface area contributed by atoms with Gasteiger partial charge in [0.05, 0.1) is 0 Å². The Balaban J connectivity index is 1.77. The number of nitrogens with zero attached hydrogens (tertiary/aromatic N) is 1. The molecule has 3 nitrogen and oxygen atoms in total. The van der Waals surface area contributed by atoms with Crippen LogP contribution in [0.3, 0.4) is 0 Å². The Bertz CT molecular complexity index is 235. The van der Waals surface area contributed by atoms with Crippen LogP contribution in [0.15, 0.2) is 0 Å². The van der Waals surface area contributed by atoms with Gasteiger partial charge in [0.25, 0.3) is 0 Å². The summed E-state index contributed by atoms with van der Waals surface area (Å²) in [5.74, 6) is 2.60. The second-order valence-corrected chi connectivity index (χ2v) is 6.02. The van der Waals surface area contributed by atoms with Crippen molar-refractivity contribution in [1.29, 1.82) is 0 Å². The van der Waals surface area contributed by atoms with Crippen molar-refractivity contribution in [1.82, 2.24) is 10.2 Å². The molecule has 1 amide bonds. The Kier molecular flexibility index (Phi) is 4.53. The standard InChI is InChI=1S/C12H22N2OS/c1-14(11-4-2-3-5-11)12(15)8-10-9-16-7-6-13-10/h10-11,13H,2-9H2,1H3. The second-order valence-electron chi connectivity index (χ2n) is 4.87. The van der Waals surface area contributed by atoms with E-state index in [1.54, 1.807) is 0 Å². The number of carbonyl (C=O) groups excluding carboxylic acids is 1.